The lowest BCUT2D eigenvalue weighted by Gasteiger charge is -2.12. The summed E-state index contributed by atoms with van der Waals surface area (Å²) in [6, 6.07) is 0. The Bertz CT molecular complexity index is 242. The van der Waals surface area contributed by atoms with Gasteiger partial charge in [-0.3, -0.25) is 4.79 Å². The summed E-state index contributed by atoms with van der Waals surface area (Å²) in [5, 5.41) is 8.65. The van der Waals surface area contributed by atoms with Crippen molar-refractivity contribution in [1.82, 2.24) is 0 Å². The van der Waals surface area contributed by atoms with Gasteiger partial charge in [-0.25, -0.2) is 0 Å². The van der Waals surface area contributed by atoms with Crippen LogP contribution in [0.25, 0.3) is 0 Å². The molecule has 78 valence electrons. The van der Waals surface area contributed by atoms with Crippen LogP contribution in [0.15, 0.2) is 12.2 Å². The smallest absolute Gasteiger partial charge is 0.303 e. The highest BCUT2D eigenvalue weighted by molar-refractivity contribution is 5.76. The van der Waals surface area contributed by atoms with Crippen LogP contribution in [-0.2, 0) is 9.59 Å². The van der Waals surface area contributed by atoms with E-state index in [2.05, 4.69) is 6.58 Å². The summed E-state index contributed by atoms with van der Waals surface area (Å²) in [6.45, 7) is 5.47. The number of allylic oxidation sites excluding steroid dienone is 1. The second-order valence-electron chi connectivity index (χ2n) is 4.05. The first-order chi connectivity index (χ1) is 6.50. The van der Waals surface area contributed by atoms with Gasteiger partial charge in [0.25, 0.3) is 0 Å². The van der Waals surface area contributed by atoms with Crippen molar-refractivity contribution in [3.05, 3.63) is 12.2 Å². The zero-order chi connectivity index (χ0) is 10.7. The van der Waals surface area contributed by atoms with Crippen molar-refractivity contribution in [3.8, 4) is 0 Å². The highest BCUT2D eigenvalue weighted by atomic mass is 16.4. The van der Waals surface area contributed by atoms with Crippen molar-refractivity contribution in [3.63, 3.8) is 0 Å². The van der Waals surface area contributed by atoms with Crippen LogP contribution in [0, 0.1) is 11.8 Å². The SMILES string of the molecule is C=C1C(CC(C)=O)CCC1CC(=O)O. The van der Waals surface area contributed by atoms with Crippen molar-refractivity contribution < 1.29 is 14.7 Å². The second-order valence-corrected chi connectivity index (χ2v) is 4.05. The maximum Gasteiger partial charge on any atom is 0.303 e. The van der Waals surface area contributed by atoms with Crippen LogP contribution in [0.5, 0.6) is 0 Å². The number of carbonyl (C=O) groups excluding carboxylic acids is 1. The molecule has 2 unspecified atom stereocenters. The highest BCUT2D eigenvalue weighted by Gasteiger charge is 2.30. The number of hydrogen-bond donors (Lipinski definition) is 1. The van der Waals surface area contributed by atoms with E-state index in [0.717, 1.165) is 18.4 Å². The largest absolute Gasteiger partial charge is 0.481 e. The third-order valence-corrected chi connectivity index (χ3v) is 2.87. The summed E-state index contributed by atoms with van der Waals surface area (Å²) >= 11 is 0. The first kappa shape index (κ1) is 11.0. The van der Waals surface area contributed by atoms with Crippen molar-refractivity contribution in [2.45, 2.75) is 32.6 Å². The molecule has 3 heteroatoms. The van der Waals surface area contributed by atoms with E-state index in [1.807, 2.05) is 0 Å². The number of carboxylic acid groups (broad SMARTS) is 1. The molecule has 1 N–H and O–H groups in total. The molecule has 0 heterocycles. The molecule has 0 aromatic rings. The predicted molar refractivity (Wildman–Crippen MR) is 52.9 cm³/mol. The van der Waals surface area contributed by atoms with E-state index < -0.39 is 5.97 Å². The van der Waals surface area contributed by atoms with E-state index in [-0.39, 0.29) is 24.0 Å². The molecule has 1 rings (SSSR count). The molecule has 0 aliphatic heterocycles. The maximum atomic E-state index is 10.9. The van der Waals surface area contributed by atoms with Gasteiger partial charge < -0.3 is 9.90 Å². The summed E-state index contributed by atoms with van der Waals surface area (Å²) in [4.78, 5) is 21.4. The first-order valence-corrected chi connectivity index (χ1v) is 4.90. The van der Waals surface area contributed by atoms with Gasteiger partial charge in [-0.15, -0.1) is 0 Å². The van der Waals surface area contributed by atoms with Gasteiger partial charge in [0.05, 0.1) is 6.42 Å². The second kappa shape index (κ2) is 4.40. The summed E-state index contributed by atoms with van der Waals surface area (Å²) in [6.07, 6.45) is 2.46. The molecule has 1 aliphatic carbocycles. The van der Waals surface area contributed by atoms with E-state index in [1.54, 1.807) is 6.92 Å². The molecule has 0 aromatic carbocycles. The number of carbonyl (C=O) groups is 2. The molecule has 1 saturated carbocycles. The maximum absolute atomic E-state index is 10.9. The van der Waals surface area contributed by atoms with E-state index in [0.29, 0.717) is 6.42 Å². The molecule has 14 heavy (non-hydrogen) atoms. The topological polar surface area (TPSA) is 54.4 Å². The summed E-state index contributed by atoms with van der Waals surface area (Å²) in [5.41, 5.74) is 0.961. The lowest BCUT2D eigenvalue weighted by Crippen LogP contribution is -2.09. The normalized spacial score (nSPS) is 26.5. The van der Waals surface area contributed by atoms with Crippen molar-refractivity contribution in [2.24, 2.45) is 11.8 Å². The van der Waals surface area contributed by atoms with E-state index in [4.69, 9.17) is 5.11 Å². The zero-order valence-electron chi connectivity index (χ0n) is 8.45. The Morgan fingerprint density at radius 1 is 1.36 bits per heavy atom. The summed E-state index contributed by atoms with van der Waals surface area (Å²) < 4.78 is 0. The molecule has 1 fully saturated rings. The van der Waals surface area contributed by atoms with Gasteiger partial charge in [0.15, 0.2) is 0 Å². The molecular formula is C11H16O3. The Balaban J connectivity index is 2.51. The van der Waals surface area contributed by atoms with E-state index in [1.165, 1.54) is 0 Å². The molecule has 2 atom stereocenters. The first-order valence-electron chi connectivity index (χ1n) is 4.90. The minimum Gasteiger partial charge on any atom is -0.481 e. The molecule has 0 saturated heterocycles. The third kappa shape index (κ3) is 2.69. The molecule has 0 bridgehead atoms. The molecule has 1 aliphatic rings. The van der Waals surface area contributed by atoms with Gasteiger partial charge in [0.1, 0.15) is 5.78 Å². The number of aliphatic carboxylic acids is 1. The van der Waals surface area contributed by atoms with Crippen LogP contribution in [-0.4, -0.2) is 16.9 Å². The molecule has 0 radical (unpaired) electrons. The number of Topliss-reactive ketones (excluding diaryl/α,β-unsaturated/α-hetero) is 1. The zero-order valence-corrected chi connectivity index (χ0v) is 8.45. The third-order valence-electron chi connectivity index (χ3n) is 2.87. The molecule has 0 spiro atoms. The van der Waals surface area contributed by atoms with E-state index >= 15 is 0 Å². The van der Waals surface area contributed by atoms with Gasteiger partial charge in [0, 0.05) is 6.42 Å². The highest BCUT2D eigenvalue weighted by Crippen LogP contribution is 2.39. The number of hydrogen-bond acceptors (Lipinski definition) is 2. The van der Waals surface area contributed by atoms with Gasteiger partial charge in [-0.2, -0.15) is 0 Å². The van der Waals surface area contributed by atoms with Crippen LogP contribution in [0.1, 0.15) is 32.6 Å². The van der Waals surface area contributed by atoms with Crippen molar-refractivity contribution in [2.75, 3.05) is 0 Å². The van der Waals surface area contributed by atoms with Crippen LogP contribution in [0.3, 0.4) is 0 Å². The Hall–Kier alpha value is -1.12. The lowest BCUT2D eigenvalue weighted by atomic mass is 9.93. The van der Waals surface area contributed by atoms with Crippen LogP contribution < -0.4 is 0 Å². The van der Waals surface area contributed by atoms with Gasteiger partial charge in [-0.05, 0) is 31.6 Å². The van der Waals surface area contributed by atoms with Crippen LogP contribution in [0.2, 0.25) is 0 Å². The Morgan fingerprint density at radius 3 is 2.29 bits per heavy atom. The summed E-state index contributed by atoms with van der Waals surface area (Å²) in [7, 11) is 0. The van der Waals surface area contributed by atoms with Gasteiger partial charge in [-0.1, -0.05) is 12.2 Å². The van der Waals surface area contributed by atoms with Crippen molar-refractivity contribution >= 4 is 11.8 Å². The van der Waals surface area contributed by atoms with Crippen molar-refractivity contribution in [1.29, 1.82) is 0 Å². The fourth-order valence-corrected chi connectivity index (χ4v) is 2.13. The monoisotopic (exact) mass is 196 g/mol. The van der Waals surface area contributed by atoms with Crippen LogP contribution >= 0.6 is 0 Å². The van der Waals surface area contributed by atoms with Gasteiger partial charge in [0.2, 0.25) is 0 Å². The number of rotatable bonds is 4. The molecular weight excluding hydrogens is 180 g/mol. The standard InChI is InChI=1S/C11H16O3/c1-7(12)5-9-3-4-10(8(9)2)6-11(13)14/h9-10H,2-6H2,1H3,(H,13,14). The minimum absolute atomic E-state index is 0.0804. The lowest BCUT2D eigenvalue weighted by molar-refractivity contribution is -0.137. The Labute approximate surface area is 83.8 Å². The number of ketones is 1. The average Bonchev–Trinajstić information content (AvgIpc) is 2.34. The van der Waals surface area contributed by atoms with E-state index in [9.17, 15) is 9.59 Å². The average molecular weight is 196 g/mol. The van der Waals surface area contributed by atoms with Crippen LogP contribution in [0.4, 0.5) is 0 Å². The quantitative estimate of drug-likeness (QED) is 0.700. The number of carboxylic acids is 1. The Kier molecular flexibility index (Phi) is 3.44. The fourth-order valence-electron chi connectivity index (χ4n) is 2.13. The van der Waals surface area contributed by atoms with Gasteiger partial charge >= 0.3 is 5.97 Å². The molecule has 3 nitrogen and oxygen atoms in total. The Morgan fingerprint density at radius 2 is 1.86 bits per heavy atom. The fraction of sp³-hybridized carbons (Fsp3) is 0.636. The predicted octanol–water partition coefficient (Wildman–Crippen LogP) is 2.02. The minimum atomic E-state index is -0.778. The molecule has 0 aromatic heterocycles. The molecule has 0 amide bonds. The summed E-state index contributed by atoms with van der Waals surface area (Å²) in [5.74, 6) is -0.319.